The summed E-state index contributed by atoms with van der Waals surface area (Å²) in [6.07, 6.45) is 0.371. The van der Waals surface area contributed by atoms with Gasteiger partial charge in [0.15, 0.2) is 0 Å². The number of carbonyl (C=O) groups excluding carboxylic acids is 4. The number of fused-ring (bicyclic) bond motifs is 1. The Hall–Kier alpha value is -2.94. The summed E-state index contributed by atoms with van der Waals surface area (Å²) in [5.41, 5.74) is 7.55. The molecular weight excluding hydrogens is 376 g/mol. The first-order valence-electron chi connectivity index (χ1n) is 9.77. The molecule has 0 spiro atoms. The lowest BCUT2D eigenvalue weighted by molar-refractivity contribution is -0.158. The number of likely N-dealkylation sites (tertiary alicyclic amines) is 1. The van der Waals surface area contributed by atoms with Crippen LogP contribution >= 0.6 is 0 Å². The highest BCUT2D eigenvalue weighted by molar-refractivity contribution is 6.07. The van der Waals surface area contributed by atoms with E-state index in [-0.39, 0.29) is 43.1 Å². The zero-order valence-electron chi connectivity index (χ0n) is 16.3. The van der Waals surface area contributed by atoms with E-state index in [1.807, 2.05) is 6.92 Å². The number of ether oxygens (including phenoxy) is 1. The summed E-state index contributed by atoms with van der Waals surface area (Å²) >= 11 is 0. The van der Waals surface area contributed by atoms with Crippen molar-refractivity contribution in [3.63, 3.8) is 0 Å². The fourth-order valence-corrected chi connectivity index (χ4v) is 4.19. The van der Waals surface area contributed by atoms with Crippen molar-refractivity contribution < 1.29 is 23.9 Å². The molecular formula is C20H24N4O5. The van der Waals surface area contributed by atoms with Crippen LogP contribution in [-0.4, -0.2) is 76.7 Å². The van der Waals surface area contributed by atoms with E-state index in [1.54, 1.807) is 23.1 Å². The van der Waals surface area contributed by atoms with E-state index in [9.17, 15) is 19.2 Å². The molecule has 3 aliphatic rings. The summed E-state index contributed by atoms with van der Waals surface area (Å²) in [7, 11) is 0. The zero-order valence-corrected chi connectivity index (χ0v) is 16.3. The number of anilines is 1. The van der Waals surface area contributed by atoms with E-state index in [4.69, 9.17) is 10.5 Å². The van der Waals surface area contributed by atoms with Gasteiger partial charge in [0.25, 0.3) is 11.8 Å². The molecule has 0 aromatic heterocycles. The number of rotatable bonds is 3. The number of amides is 4. The minimum Gasteiger partial charge on any atom is -0.399 e. The molecule has 0 bridgehead atoms. The van der Waals surface area contributed by atoms with Gasteiger partial charge in [-0.25, -0.2) is 0 Å². The highest BCUT2D eigenvalue weighted by Crippen LogP contribution is 2.30. The second-order valence-electron chi connectivity index (χ2n) is 7.73. The van der Waals surface area contributed by atoms with Crippen molar-refractivity contribution in [2.24, 2.45) is 0 Å². The van der Waals surface area contributed by atoms with E-state index >= 15 is 0 Å². The maximum Gasteiger partial charge on any atom is 0.255 e. The Morgan fingerprint density at radius 2 is 2.07 bits per heavy atom. The topological polar surface area (TPSA) is 113 Å². The van der Waals surface area contributed by atoms with Gasteiger partial charge in [0.2, 0.25) is 11.8 Å². The lowest BCUT2D eigenvalue weighted by Crippen LogP contribution is -2.58. The second kappa shape index (κ2) is 7.47. The number of nitrogens with zero attached hydrogens (tertiary/aromatic N) is 3. The molecule has 4 amide bonds. The van der Waals surface area contributed by atoms with Gasteiger partial charge >= 0.3 is 0 Å². The Morgan fingerprint density at radius 1 is 1.28 bits per heavy atom. The van der Waals surface area contributed by atoms with Gasteiger partial charge in [-0.3, -0.25) is 24.1 Å². The summed E-state index contributed by atoms with van der Waals surface area (Å²) in [6.45, 7) is 3.15. The summed E-state index contributed by atoms with van der Waals surface area (Å²) in [5.74, 6) is -1.43. The standard InChI is InChI=1S/C20H24N4O5/c1-12-11-29-7-6-22(12)18(26)10-24-17(25)5-4-16(20(24)28)23-9-13-2-3-14(21)8-15(13)19(23)27/h2-3,8,12,16H,4-7,9-11,21H2,1H3. The number of hydrogen-bond donors (Lipinski definition) is 1. The third-order valence-corrected chi connectivity index (χ3v) is 5.81. The largest absolute Gasteiger partial charge is 0.399 e. The number of piperidine rings is 1. The van der Waals surface area contributed by atoms with Crippen LogP contribution in [0.3, 0.4) is 0 Å². The maximum absolute atomic E-state index is 13.1. The average Bonchev–Trinajstić information content (AvgIpc) is 3.01. The Kier molecular flexibility index (Phi) is 4.99. The van der Waals surface area contributed by atoms with Crippen LogP contribution in [0.5, 0.6) is 0 Å². The number of nitrogens with two attached hydrogens (primary N) is 1. The lowest BCUT2D eigenvalue weighted by Gasteiger charge is -2.38. The summed E-state index contributed by atoms with van der Waals surface area (Å²) in [5, 5.41) is 0. The second-order valence-corrected chi connectivity index (χ2v) is 7.73. The Balaban J connectivity index is 1.50. The molecule has 29 heavy (non-hydrogen) atoms. The Labute approximate surface area is 168 Å². The molecule has 2 N–H and O–H groups in total. The van der Waals surface area contributed by atoms with Gasteiger partial charge in [0.1, 0.15) is 12.6 Å². The van der Waals surface area contributed by atoms with Gasteiger partial charge in [-0.15, -0.1) is 0 Å². The van der Waals surface area contributed by atoms with Gasteiger partial charge in [-0.05, 0) is 31.0 Å². The van der Waals surface area contributed by atoms with Crippen LogP contribution in [0.1, 0.15) is 35.7 Å². The maximum atomic E-state index is 13.1. The van der Waals surface area contributed by atoms with Crippen LogP contribution in [0, 0.1) is 0 Å². The summed E-state index contributed by atoms with van der Waals surface area (Å²) in [6, 6.07) is 4.24. The van der Waals surface area contributed by atoms with E-state index in [0.717, 1.165) is 10.5 Å². The first-order chi connectivity index (χ1) is 13.9. The number of carbonyl (C=O) groups is 4. The highest BCUT2D eigenvalue weighted by Gasteiger charge is 2.43. The number of nitrogen functional groups attached to an aromatic ring is 1. The molecule has 2 atom stereocenters. The van der Waals surface area contributed by atoms with Gasteiger partial charge < -0.3 is 20.3 Å². The molecule has 9 heteroatoms. The molecule has 2 unspecified atom stereocenters. The van der Waals surface area contributed by atoms with Gasteiger partial charge in [0, 0.05) is 30.8 Å². The first-order valence-corrected chi connectivity index (χ1v) is 9.77. The van der Waals surface area contributed by atoms with E-state index in [1.165, 1.54) is 4.90 Å². The number of hydrogen-bond acceptors (Lipinski definition) is 6. The fourth-order valence-electron chi connectivity index (χ4n) is 4.19. The molecule has 0 aliphatic carbocycles. The Morgan fingerprint density at radius 3 is 2.83 bits per heavy atom. The minimum atomic E-state index is -0.760. The summed E-state index contributed by atoms with van der Waals surface area (Å²) < 4.78 is 5.34. The molecule has 1 aromatic rings. The van der Waals surface area contributed by atoms with Crippen molar-refractivity contribution in [3.05, 3.63) is 29.3 Å². The van der Waals surface area contributed by atoms with Crippen LogP contribution < -0.4 is 5.73 Å². The van der Waals surface area contributed by atoms with Gasteiger partial charge in [0.05, 0.1) is 19.3 Å². The monoisotopic (exact) mass is 400 g/mol. The predicted octanol–water partition coefficient (Wildman–Crippen LogP) is -0.0105. The lowest BCUT2D eigenvalue weighted by atomic mass is 10.0. The van der Waals surface area contributed by atoms with Crippen molar-refractivity contribution in [3.8, 4) is 0 Å². The van der Waals surface area contributed by atoms with E-state index < -0.39 is 11.9 Å². The number of benzene rings is 1. The first kappa shape index (κ1) is 19.4. The van der Waals surface area contributed by atoms with Crippen molar-refractivity contribution in [2.75, 3.05) is 32.0 Å². The smallest absolute Gasteiger partial charge is 0.255 e. The molecule has 4 rings (SSSR count). The molecule has 3 aliphatic heterocycles. The molecule has 2 saturated heterocycles. The van der Waals surface area contributed by atoms with Crippen molar-refractivity contribution in [1.82, 2.24) is 14.7 Å². The molecule has 1 aromatic carbocycles. The quantitative estimate of drug-likeness (QED) is 0.564. The third-order valence-electron chi connectivity index (χ3n) is 5.81. The van der Waals surface area contributed by atoms with Crippen LogP contribution in [0.4, 0.5) is 5.69 Å². The molecule has 154 valence electrons. The van der Waals surface area contributed by atoms with Gasteiger partial charge in [-0.1, -0.05) is 6.07 Å². The molecule has 9 nitrogen and oxygen atoms in total. The molecule has 0 radical (unpaired) electrons. The van der Waals surface area contributed by atoms with Crippen LogP contribution in [-0.2, 0) is 25.7 Å². The van der Waals surface area contributed by atoms with Gasteiger partial charge in [-0.2, -0.15) is 0 Å². The van der Waals surface area contributed by atoms with Crippen LogP contribution in [0.2, 0.25) is 0 Å². The Bertz CT molecular complexity index is 886. The number of imide groups is 1. The fraction of sp³-hybridized carbons (Fsp3) is 0.500. The molecule has 2 fully saturated rings. The summed E-state index contributed by atoms with van der Waals surface area (Å²) in [4.78, 5) is 55.1. The number of morpholine rings is 1. The predicted molar refractivity (Wildman–Crippen MR) is 102 cm³/mol. The van der Waals surface area contributed by atoms with Crippen molar-refractivity contribution in [2.45, 2.75) is 38.4 Å². The zero-order chi connectivity index (χ0) is 20.7. The van der Waals surface area contributed by atoms with Crippen molar-refractivity contribution in [1.29, 1.82) is 0 Å². The van der Waals surface area contributed by atoms with E-state index in [0.29, 0.717) is 37.6 Å². The minimum absolute atomic E-state index is 0.109. The highest BCUT2D eigenvalue weighted by atomic mass is 16.5. The molecule has 0 saturated carbocycles. The SMILES string of the molecule is CC1COCCN1C(=O)CN1C(=O)CCC(N2Cc3ccc(N)cc3C2=O)C1=O. The average molecular weight is 400 g/mol. The molecule has 3 heterocycles. The van der Waals surface area contributed by atoms with Crippen LogP contribution in [0.25, 0.3) is 0 Å². The normalized spacial score (nSPS) is 24.9. The van der Waals surface area contributed by atoms with Crippen LogP contribution in [0.15, 0.2) is 18.2 Å². The van der Waals surface area contributed by atoms with E-state index in [2.05, 4.69) is 0 Å². The van der Waals surface area contributed by atoms with Crippen molar-refractivity contribution >= 4 is 29.3 Å². The third kappa shape index (κ3) is 3.46.